The topological polar surface area (TPSA) is 58.6 Å². The van der Waals surface area contributed by atoms with E-state index in [-0.39, 0.29) is 23.8 Å². The van der Waals surface area contributed by atoms with Crippen LogP contribution in [0.5, 0.6) is 5.75 Å². The number of benzene rings is 2. The molecule has 27 heavy (non-hydrogen) atoms. The number of aryl methyl sites for hydroxylation is 1. The summed E-state index contributed by atoms with van der Waals surface area (Å²) >= 11 is 0. The Labute approximate surface area is 160 Å². The maximum Gasteiger partial charge on any atom is 0.227 e. The Balaban J connectivity index is 2.06. The Morgan fingerprint density at radius 2 is 1.81 bits per heavy atom. The first-order chi connectivity index (χ1) is 13.0. The van der Waals surface area contributed by atoms with Gasteiger partial charge in [-0.25, -0.2) is 0 Å². The van der Waals surface area contributed by atoms with E-state index in [0.717, 1.165) is 22.6 Å². The summed E-state index contributed by atoms with van der Waals surface area (Å²) < 4.78 is 5.26. The Morgan fingerprint density at radius 1 is 1.15 bits per heavy atom. The molecule has 2 atom stereocenters. The number of nitrogens with zero attached hydrogens (tertiary/aromatic N) is 1. The molecule has 0 aromatic heterocycles. The van der Waals surface area contributed by atoms with Gasteiger partial charge in [-0.15, -0.1) is 0 Å². The van der Waals surface area contributed by atoms with Gasteiger partial charge in [0.05, 0.1) is 19.1 Å². The highest BCUT2D eigenvalue weighted by molar-refractivity contribution is 5.97. The normalized spacial score (nSPS) is 19.7. The van der Waals surface area contributed by atoms with E-state index in [0.29, 0.717) is 19.4 Å². The van der Waals surface area contributed by atoms with Crippen LogP contribution in [0.25, 0.3) is 0 Å². The summed E-state index contributed by atoms with van der Waals surface area (Å²) in [6.07, 6.45) is 0.909. The summed E-state index contributed by atoms with van der Waals surface area (Å²) in [6, 6.07) is 15.2. The third-order valence-corrected chi connectivity index (χ3v) is 5.05. The van der Waals surface area contributed by atoms with Crippen molar-refractivity contribution in [3.8, 4) is 5.75 Å². The molecule has 3 rings (SSSR count). The molecule has 0 saturated carbocycles. The first-order valence-electron chi connectivity index (χ1n) is 9.35. The fraction of sp³-hybridized carbons (Fsp3) is 0.364. The maximum absolute atomic E-state index is 12.9. The highest BCUT2D eigenvalue weighted by atomic mass is 16.5. The molecule has 1 N–H and O–H groups in total. The number of hydrogen-bond acceptors (Lipinski definition) is 3. The van der Waals surface area contributed by atoms with Crippen molar-refractivity contribution in [1.29, 1.82) is 0 Å². The Kier molecular flexibility index (Phi) is 5.79. The molecule has 0 aliphatic carbocycles. The van der Waals surface area contributed by atoms with E-state index in [1.54, 1.807) is 12.0 Å². The standard InChI is InChI=1S/C22H26N2O3/c1-4-23-22(26)19-13-14-20(25)24(17-9-5-15(2)6-10-17)21(19)16-7-11-18(27-3)12-8-16/h5-12,19,21H,4,13-14H2,1-3H3,(H,23,26). The second-order valence-electron chi connectivity index (χ2n) is 6.86. The number of rotatable bonds is 5. The Hall–Kier alpha value is -2.82. The quantitative estimate of drug-likeness (QED) is 0.879. The first kappa shape index (κ1) is 19.0. The average Bonchev–Trinajstić information content (AvgIpc) is 2.69. The van der Waals surface area contributed by atoms with Gasteiger partial charge in [-0.3, -0.25) is 9.59 Å². The molecule has 0 spiro atoms. The molecule has 1 aliphatic heterocycles. The molecular weight excluding hydrogens is 340 g/mol. The van der Waals surface area contributed by atoms with Gasteiger partial charge in [0, 0.05) is 18.7 Å². The SMILES string of the molecule is CCNC(=O)C1CCC(=O)N(c2ccc(C)cc2)C1c1ccc(OC)cc1. The van der Waals surface area contributed by atoms with Gasteiger partial charge in [-0.05, 0) is 50.1 Å². The number of piperidine rings is 1. The third kappa shape index (κ3) is 3.97. The largest absolute Gasteiger partial charge is 0.497 e. The number of methoxy groups -OCH3 is 1. The van der Waals surface area contributed by atoms with Crippen LogP contribution in [0.4, 0.5) is 5.69 Å². The molecule has 2 amide bonds. The van der Waals surface area contributed by atoms with Gasteiger partial charge in [0.1, 0.15) is 5.75 Å². The molecule has 2 aromatic rings. The van der Waals surface area contributed by atoms with Crippen molar-refractivity contribution >= 4 is 17.5 Å². The van der Waals surface area contributed by atoms with Crippen molar-refractivity contribution in [2.45, 2.75) is 32.7 Å². The lowest BCUT2D eigenvalue weighted by Gasteiger charge is -2.41. The molecule has 2 unspecified atom stereocenters. The molecule has 1 fully saturated rings. The van der Waals surface area contributed by atoms with Crippen molar-refractivity contribution in [3.05, 3.63) is 59.7 Å². The Morgan fingerprint density at radius 3 is 2.41 bits per heavy atom. The molecule has 5 heteroatoms. The number of carbonyl (C=O) groups excluding carboxylic acids is 2. The summed E-state index contributed by atoms with van der Waals surface area (Å²) in [7, 11) is 1.62. The van der Waals surface area contributed by atoms with Gasteiger partial charge in [-0.1, -0.05) is 29.8 Å². The zero-order chi connectivity index (χ0) is 19.4. The zero-order valence-electron chi connectivity index (χ0n) is 16.1. The number of anilines is 1. The molecule has 1 aliphatic rings. The maximum atomic E-state index is 12.9. The number of hydrogen-bond donors (Lipinski definition) is 1. The molecule has 1 saturated heterocycles. The monoisotopic (exact) mass is 366 g/mol. The van der Waals surface area contributed by atoms with Crippen LogP contribution in [-0.4, -0.2) is 25.5 Å². The fourth-order valence-electron chi connectivity index (χ4n) is 3.66. The second-order valence-corrected chi connectivity index (χ2v) is 6.86. The van der Waals surface area contributed by atoms with Crippen molar-refractivity contribution < 1.29 is 14.3 Å². The van der Waals surface area contributed by atoms with E-state index in [9.17, 15) is 9.59 Å². The van der Waals surface area contributed by atoms with Crippen LogP contribution in [0.3, 0.4) is 0 Å². The van der Waals surface area contributed by atoms with Gasteiger partial charge >= 0.3 is 0 Å². The van der Waals surface area contributed by atoms with Gasteiger partial charge in [-0.2, -0.15) is 0 Å². The number of ether oxygens (including phenoxy) is 1. The van der Waals surface area contributed by atoms with E-state index in [1.165, 1.54) is 0 Å². The highest BCUT2D eigenvalue weighted by Crippen LogP contribution is 2.40. The Bertz CT molecular complexity index is 799. The van der Waals surface area contributed by atoms with Crippen LogP contribution < -0.4 is 15.0 Å². The third-order valence-electron chi connectivity index (χ3n) is 5.05. The summed E-state index contributed by atoms with van der Waals surface area (Å²) in [5.74, 6) is 0.484. The van der Waals surface area contributed by atoms with Crippen LogP contribution in [-0.2, 0) is 9.59 Å². The molecule has 5 nitrogen and oxygen atoms in total. The van der Waals surface area contributed by atoms with Crippen molar-refractivity contribution in [1.82, 2.24) is 5.32 Å². The number of amides is 2. The van der Waals surface area contributed by atoms with Gasteiger partial charge in [0.25, 0.3) is 0 Å². The van der Waals surface area contributed by atoms with Crippen molar-refractivity contribution in [3.63, 3.8) is 0 Å². The van der Waals surface area contributed by atoms with E-state index in [1.807, 2.05) is 62.4 Å². The smallest absolute Gasteiger partial charge is 0.227 e. The van der Waals surface area contributed by atoms with Gasteiger partial charge < -0.3 is 15.0 Å². The zero-order valence-corrected chi connectivity index (χ0v) is 16.1. The summed E-state index contributed by atoms with van der Waals surface area (Å²) in [6.45, 7) is 4.50. The molecule has 0 radical (unpaired) electrons. The van der Waals surface area contributed by atoms with Crippen molar-refractivity contribution in [2.24, 2.45) is 5.92 Å². The average molecular weight is 366 g/mol. The minimum absolute atomic E-state index is 0.0112. The first-order valence-corrected chi connectivity index (χ1v) is 9.35. The predicted octanol–water partition coefficient (Wildman–Crippen LogP) is 3.62. The molecule has 142 valence electrons. The summed E-state index contributed by atoms with van der Waals surface area (Å²) in [5.41, 5.74) is 2.88. The lowest BCUT2D eigenvalue weighted by molar-refractivity contribution is -0.129. The van der Waals surface area contributed by atoms with Gasteiger partial charge in [0.15, 0.2) is 0 Å². The van der Waals surface area contributed by atoms with E-state index >= 15 is 0 Å². The van der Waals surface area contributed by atoms with Crippen LogP contribution in [0.2, 0.25) is 0 Å². The van der Waals surface area contributed by atoms with E-state index < -0.39 is 0 Å². The minimum Gasteiger partial charge on any atom is -0.497 e. The second kappa shape index (κ2) is 8.25. The predicted molar refractivity (Wildman–Crippen MR) is 106 cm³/mol. The van der Waals surface area contributed by atoms with Gasteiger partial charge in [0.2, 0.25) is 11.8 Å². The minimum atomic E-state index is -0.341. The van der Waals surface area contributed by atoms with Crippen LogP contribution in [0.1, 0.15) is 36.9 Å². The van der Waals surface area contributed by atoms with Crippen LogP contribution in [0.15, 0.2) is 48.5 Å². The summed E-state index contributed by atoms with van der Waals surface area (Å²) in [5, 5.41) is 2.93. The lowest BCUT2D eigenvalue weighted by Crippen LogP contribution is -2.48. The lowest BCUT2D eigenvalue weighted by atomic mass is 9.83. The number of carbonyl (C=O) groups is 2. The number of nitrogens with one attached hydrogen (secondary N) is 1. The molecular formula is C22H26N2O3. The summed E-state index contributed by atoms with van der Waals surface area (Å²) in [4.78, 5) is 27.4. The molecule has 2 aromatic carbocycles. The van der Waals surface area contributed by atoms with Crippen LogP contribution in [0, 0.1) is 12.8 Å². The highest BCUT2D eigenvalue weighted by Gasteiger charge is 2.41. The van der Waals surface area contributed by atoms with E-state index in [2.05, 4.69) is 5.32 Å². The molecule has 1 heterocycles. The van der Waals surface area contributed by atoms with Crippen LogP contribution >= 0.6 is 0 Å². The van der Waals surface area contributed by atoms with E-state index in [4.69, 9.17) is 4.74 Å². The fourth-order valence-corrected chi connectivity index (χ4v) is 3.66. The van der Waals surface area contributed by atoms with Crippen molar-refractivity contribution in [2.75, 3.05) is 18.6 Å². The molecule has 0 bridgehead atoms.